The molecule has 0 radical (unpaired) electrons. The van der Waals surface area contributed by atoms with E-state index in [9.17, 15) is 17.2 Å². The molecule has 0 bridgehead atoms. The van der Waals surface area contributed by atoms with Crippen molar-refractivity contribution in [2.24, 2.45) is 4.99 Å². The van der Waals surface area contributed by atoms with Crippen molar-refractivity contribution in [3.8, 4) is 10.4 Å². The van der Waals surface area contributed by atoms with Crippen molar-refractivity contribution < 1.29 is 17.2 Å². The van der Waals surface area contributed by atoms with Crippen LogP contribution in [-0.2, 0) is 16.4 Å². The standard InChI is InChI=1S/C20H21F2N5O2S2/c1-23-20(27-17-5-3-2-4-16(17)22)26-15-8-6-14(7-9-15)18-12-24-19(30-18)10-11-25-31(28,29)13-21/h2-9,12,25H,10-11,13H2,1H3,(H2,23,26,27). The van der Waals surface area contributed by atoms with Gasteiger partial charge >= 0.3 is 0 Å². The van der Waals surface area contributed by atoms with Crippen LogP contribution in [0.2, 0.25) is 0 Å². The highest BCUT2D eigenvalue weighted by atomic mass is 32.2. The number of hydrogen-bond donors (Lipinski definition) is 3. The first kappa shape index (κ1) is 22.8. The molecule has 0 saturated carbocycles. The van der Waals surface area contributed by atoms with Gasteiger partial charge in [-0.3, -0.25) is 4.99 Å². The van der Waals surface area contributed by atoms with Crippen molar-refractivity contribution in [3.63, 3.8) is 0 Å². The Morgan fingerprint density at radius 1 is 1.13 bits per heavy atom. The Morgan fingerprint density at radius 3 is 2.55 bits per heavy atom. The van der Waals surface area contributed by atoms with E-state index in [1.54, 1.807) is 31.4 Å². The second-order valence-corrected chi connectivity index (χ2v) is 9.22. The quantitative estimate of drug-likeness (QED) is 0.347. The number of aliphatic imine (C=N–C) groups is 1. The lowest BCUT2D eigenvalue weighted by Gasteiger charge is -2.12. The van der Waals surface area contributed by atoms with E-state index < -0.39 is 16.0 Å². The summed E-state index contributed by atoms with van der Waals surface area (Å²) >= 11 is 1.43. The van der Waals surface area contributed by atoms with E-state index >= 15 is 0 Å². The molecule has 31 heavy (non-hydrogen) atoms. The van der Waals surface area contributed by atoms with Gasteiger partial charge in [-0.15, -0.1) is 11.3 Å². The maximum Gasteiger partial charge on any atom is 0.241 e. The molecule has 0 fully saturated rings. The molecular formula is C20H21F2N5O2S2. The van der Waals surface area contributed by atoms with Crippen LogP contribution in [0, 0.1) is 5.82 Å². The molecule has 1 aromatic heterocycles. The van der Waals surface area contributed by atoms with Gasteiger partial charge in [0.1, 0.15) is 5.82 Å². The zero-order valence-corrected chi connectivity index (χ0v) is 18.2. The van der Waals surface area contributed by atoms with Gasteiger partial charge in [0.25, 0.3) is 0 Å². The molecule has 0 amide bonds. The largest absolute Gasteiger partial charge is 0.326 e. The zero-order chi connectivity index (χ0) is 22.3. The number of para-hydroxylation sites is 1. The first-order valence-electron chi connectivity index (χ1n) is 9.24. The number of alkyl halides is 1. The Labute approximate surface area is 183 Å². The van der Waals surface area contributed by atoms with Gasteiger partial charge in [-0.1, -0.05) is 24.3 Å². The fourth-order valence-electron chi connectivity index (χ4n) is 2.60. The maximum absolute atomic E-state index is 13.8. The second-order valence-electron chi connectivity index (χ2n) is 6.37. The third kappa shape index (κ3) is 6.54. The van der Waals surface area contributed by atoms with Gasteiger partial charge < -0.3 is 10.6 Å². The number of aromatic nitrogens is 1. The Balaban J connectivity index is 1.60. The Hall–Kier alpha value is -2.89. The molecule has 164 valence electrons. The minimum Gasteiger partial charge on any atom is -0.326 e. The lowest BCUT2D eigenvalue weighted by atomic mass is 10.2. The first-order valence-corrected chi connectivity index (χ1v) is 11.7. The van der Waals surface area contributed by atoms with Crippen LogP contribution in [-0.4, -0.2) is 39.0 Å². The summed E-state index contributed by atoms with van der Waals surface area (Å²) in [5.41, 5.74) is 2.02. The Bertz CT molecular complexity index is 1150. The Kier molecular flexibility index (Phi) is 7.66. The summed E-state index contributed by atoms with van der Waals surface area (Å²) in [5, 5.41) is 6.76. The number of nitrogens with one attached hydrogen (secondary N) is 3. The predicted molar refractivity (Wildman–Crippen MR) is 121 cm³/mol. The minimum absolute atomic E-state index is 0.0935. The van der Waals surface area contributed by atoms with E-state index in [1.807, 2.05) is 24.3 Å². The minimum atomic E-state index is -3.86. The average Bonchev–Trinajstić information content (AvgIpc) is 3.24. The molecule has 0 saturated heterocycles. The van der Waals surface area contributed by atoms with E-state index in [2.05, 4.69) is 25.3 Å². The van der Waals surface area contributed by atoms with Crippen molar-refractivity contribution in [1.82, 2.24) is 9.71 Å². The van der Waals surface area contributed by atoms with Crippen molar-refractivity contribution >= 4 is 38.7 Å². The summed E-state index contributed by atoms with van der Waals surface area (Å²) in [5.74, 6) is 0.0212. The van der Waals surface area contributed by atoms with Crippen LogP contribution in [0.5, 0.6) is 0 Å². The summed E-state index contributed by atoms with van der Waals surface area (Å²) in [6.45, 7) is 0.0935. The maximum atomic E-state index is 13.8. The second kappa shape index (κ2) is 10.4. The molecule has 1 heterocycles. The monoisotopic (exact) mass is 465 g/mol. The summed E-state index contributed by atoms with van der Waals surface area (Å²) in [7, 11) is -2.26. The van der Waals surface area contributed by atoms with Crippen LogP contribution in [0.4, 0.5) is 20.2 Å². The number of hydrogen-bond acceptors (Lipinski definition) is 5. The van der Waals surface area contributed by atoms with Gasteiger partial charge in [0.15, 0.2) is 5.96 Å². The number of halogens is 2. The van der Waals surface area contributed by atoms with Gasteiger partial charge in [-0.05, 0) is 29.8 Å². The highest BCUT2D eigenvalue weighted by molar-refractivity contribution is 7.89. The van der Waals surface area contributed by atoms with E-state index in [4.69, 9.17) is 0 Å². The van der Waals surface area contributed by atoms with Gasteiger partial charge in [0.05, 0.1) is 15.6 Å². The molecule has 0 atom stereocenters. The van der Waals surface area contributed by atoms with Gasteiger partial charge in [0, 0.05) is 31.9 Å². The van der Waals surface area contributed by atoms with Crippen LogP contribution in [0.25, 0.3) is 10.4 Å². The first-order chi connectivity index (χ1) is 14.9. The van der Waals surface area contributed by atoms with Crippen molar-refractivity contribution in [2.75, 3.05) is 30.2 Å². The van der Waals surface area contributed by atoms with Crippen LogP contribution in [0.15, 0.2) is 59.7 Å². The average molecular weight is 466 g/mol. The number of thiazole rings is 1. The smallest absolute Gasteiger partial charge is 0.241 e. The highest BCUT2D eigenvalue weighted by Gasteiger charge is 2.10. The third-order valence-electron chi connectivity index (χ3n) is 4.14. The molecular weight excluding hydrogens is 444 g/mol. The van der Waals surface area contributed by atoms with E-state index in [0.717, 1.165) is 21.1 Å². The van der Waals surface area contributed by atoms with Crippen LogP contribution in [0.3, 0.4) is 0 Å². The van der Waals surface area contributed by atoms with E-state index in [-0.39, 0.29) is 12.4 Å². The molecule has 3 N–H and O–H groups in total. The molecule has 0 aliphatic carbocycles. The molecule has 2 aromatic carbocycles. The fourth-order valence-corrected chi connectivity index (χ4v) is 4.01. The molecule has 0 aliphatic rings. The number of benzene rings is 2. The SMILES string of the molecule is C/N=C(\Nc1ccc(-c2cnc(CCNS(=O)(=O)CF)s2)cc1)Nc1ccccc1F. The van der Waals surface area contributed by atoms with Crippen LogP contribution >= 0.6 is 11.3 Å². The van der Waals surface area contributed by atoms with Gasteiger partial charge in [-0.2, -0.15) is 0 Å². The van der Waals surface area contributed by atoms with Crippen molar-refractivity contribution in [2.45, 2.75) is 6.42 Å². The molecule has 3 rings (SSSR count). The predicted octanol–water partition coefficient (Wildman–Crippen LogP) is 3.85. The molecule has 0 spiro atoms. The summed E-state index contributed by atoms with van der Waals surface area (Å²) in [6.07, 6.45) is 2.09. The van der Waals surface area contributed by atoms with Crippen LogP contribution < -0.4 is 15.4 Å². The highest BCUT2D eigenvalue weighted by Crippen LogP contribution is 2.27. The normalized spacial score (nSPS) is 12.0. The summed E-state index contributed by atoms with van der Waals surface area (Å²) in [6, 6.07) is 12.4. The fraction of sp³-hybridized carbons (Fsp3) is 0.200. The van der Waals surface area contributed by atoms with Gasteiger partial charge in [0.2, 0.25) is 16.0 Å². The third-order valence-corrected chi connectivity index (χ3v) is 6.18. The lowest BCUT2D eigenvalue weighted by Crippen LogP contribution is -2.26. The Morgan fingerprint density at radius 2 is 1.87 bits per heavy atom. The molecule has 0 unspecified atom stereocenters. The zero-order valence-electron chi connectivity index (χ0n) is 16.6. The molecule has 0 aliphatic heterocycles. The number of guanidine groups is 1. The number of anilines is 2. The van der Waals surface area contributed by atoms with Crippen LogP contribution in [0.1, 0.15) is 5.01 Å². The lowest BCUT2D eigenvalue weighted by molar-refractivity contribution is 0.524. The molecule has 11 heteroatoms. The number of nitrogens with zero attached hydrogens (tertiary/aromatic N) is 2. The summed E-state index contributed by atoms with van der Waals surface area (Å²) in [4.78, 5) is 9.31. The van der Waals surface area contributed by atoms with Crippen molar-refractivity contribution in [3.05, 3.63) is 65.6 Å². The van der Waals surface area contributed by atoms with E-state index in [0.29, 0.717) is 18.1 Å². The topological polar surface area (TPSA) is 95.5 Å². The molecule has 3 aromatic rings. The number of rotatable bonds is 8. The molecule has 7 nitrogen and oxygen atoms in total. The van der Waals surface area contributed by atoms with Crippen molar-refractivity contribution in [1.29, 1.82) is 0 Å². The van der Waals surface area contributed by atoms with Gasteiger partial charge in [-0.25, -0.2) is 26.9 Å². The summed E-state index contributed by atoms with van der Waals surface area (Å²) < 4.78 is 50.5. The van der Waals surface area contributed by atoms with E-state index in [1.165, 1.54) is 17.4 Å². The number of sulfonamides is 1.